The number of nitrogens with one attached hydrogen (secondary N) is 1. The van der Waals surface area contributed by atoms with Crippen molar-refractivity contribution in [2.45, 2.75) is 12.5 Å². The van der Waals surface area contributed by atoms with E-state index in [1.807, 2.05) is 24.3 Å². The third kappa shape index (κ3) is 3.75. The lowest BCUT2D eigenvalue weighted by Crippen LogP contribution is -2.32. The zero-order chi connectivity index (χ0) is 18.1. The molecule has 1 aliphatic rings. The molecule has 25 heavy (non-hydrogen) atoms. The number of carbonyl (C=O) groups excluding carboxylic acids is 1. The van der Waals surface area contributed by atoms with Crippen molar-refractivity contribution in [3.63, 3.8) is 0 Å². The molecule has 2 aromatic carbocycles. The topological polar surface area (TPSA) is 35.6 Å². The van der Waals surface area contributed by atoms with Gasteiger partial charge >= 0.3 is 6.03 Å². The summed E-state index contributed by atoms with van der Waals surface area (Å²) in [6, 6.07) is 11.3. The predicted octanol–water partition coefficient (Wildman–Crippen LogP) is 4.56. The standard InChI is InChI=1S/C18H19Cl2N3OS/c1-21-18(24)23(25)13-5-3-4-11(6-13)15-9-22(2)10-16-14(15)7-12(19)8-17(16)20/h3-8,15,25H,9-10H2,1-2H3,(H,21,24). The van der Waals surface area contributed by atoms with Gasteiger partial charge in [0.05, 0.1) is 5.69 Å². The van der Waals surface area contributed by atoms with Crippen LogP contribution < -0.4 is 9.62 Å². The Hall–Kier alpha value is -1.40. The molecular formula is C18H19Cl2N3OS. The van der Waals surface area contributed by atoms with Gasteiger partial charge in [0.25, 0.3) is 0 Å². The minimum absolute atomic E-state index is 0.122. The van der Waals surface area contributed by atoms with Crippen LogP contribution in [0.4, 0.5) is 10.5 Å². The van der Waals surface area contributed by atoms with Crippen LogP contribution in [0.5, 0.6) is 0 Å². The first kappa shape index (κ1) is 18.4. The van der Waals surface area contributed by atoms with Crippen molar-refractivity contribution in [3.05, 3.63) is 63.1 Å². The van der Waals surface area contributed by atoms with E-state index in [-0.39, 0.29) is 11.9 Å². The fourth-order valence-corrected chi connectivity index (χ4v) is 4.02. The van der Waals surface area contributed by atoms with Crippen LogP contribution in [-0.2, 0) is 6.54 Å². The Morgan fingerprint density at radius 2 is 2.08 bits per heavy atom. The molecule has 0 spiro atoms. The molecule has 0 bridgehead atoms. The monoisotopic (exact) mass is 395 g/mol. The lowest BCUT2D eigenvalue weighted by atomic mass is 9.84. The molecule has 4 nitrogen and oxygen atoms in total. The van der Waals surface area contributed by atoms with Crippen molar-refractivity contribution in [2.24, 2.45) is 0 Å². The maximum Gasteiger partial charge on any atom is 0.331 e. The number of carbonyl (C=O) groups is 1. The summed E-state index contributed by atoms with van der Waals surface area (Å²) < 4.78 is 1.29. The van der Waals surface area contributed by atoms with E-state index in [2.05, 4.69) is 36.1 Å². The Kier molecular flexibility index (Phi) is 5.49. The van der Waals surface area contributed by atoms with Gasteiger partial charge in [-0.15, -0.1) is 0 Å². The molecule has 1 unspecified atom stereocenters. The van der Waals surface area contributed by atoms with Crippen LogP contribution in [0.3, 0.4) is 0 Å². The van der Waals surface area contributed by atoms with Crippen LogP contribution in [0, 0.1) is 0 Å². The summed E-state index contributed by atoms with van der Waals surface area (Å²) in [6.07, 6.45) is 0. The van der Waals surface area contributed by atoms with Gasteiger partial charge < -0.3 is 10.2 Å². The molecule has 3 rings (SSSR count). The van der Waals surface area contributed by atoms with E-state index in [4.69, 9.17) is 23.2 Å². The number of rotatable bonds is 2. The Balaban J connectivity index is 2.05. The fourth-order valence-electron chi connectivity index (χ4n) is 3.23. The molecule has 0 aromatic heterocycles. The number of anilines is 1. The van der Waals surface area contributed by atoms with Crippen LogP contribution in [0.25, 0.3) is 0 Å². The normalized spacial score (nSPS) is 17.1. The molecule has 2 amide bonds. The highest BCUT2D eigenvalue weighted by atomic mass is 35.5. The first-order chi connectivity index (χ1) is 11.9. The largest absolute Gasteiger partial charge is 0.340 e. The summed E-state index contributed by atoms with van der Waals surface area (Å²) in [6.45, 7) is 1.64. The average molecular weight is 396 g/mol. The van der Waals surface area contributed by atoms with Crippen molar-refractivity contribution in [3.8, 4) is 0 Å². The van der Waals surface area contributed by atoms with Crippen molar-refractivity contribution >= 4 is 47.7 Å². The Morgan fingerprint density at radius 3 is 2.80 bits per heavy atom. The molecule has 0 aliphatic carbocycles. The first-order valence-corrected chi connectivity index (χ1v) is 9.03. The summed E-state index contributed by atoms with van der Waals surface area (Å²) in [5.74, 6) is 0.122. The molecule has 1 aliphatic heterocycles. The third-order valence-electron chi connectivity index (χ3n) is 4.42. The van der Waals surface area contributed by atoms with Gasteiger partial charge in [-0.1, -0.05) is 48.1 Å². The molecule has 1 heterocycles. The second kappa shape index (κ2) is 7.46. The number of benzene rings is 2. The third-order valence-corrected chi connectivity index (χ3v) is 5.38. The Morgan fingerprint density at radius 1 is 1.32 bits per heavy atom. The minimum atomic E-state index is -0.285. The number of urea groups is 1. The van der Waals surface area contributed by atoms with Crippen LogP contribution in [0.15, 0.2) is 36.4 Å². The second-order valence-corrected chi connectivity index (χ2v) is 7.41. The Bertz CT molecular complexity index is 815. The van der Waals surface area contributed by atoms with E-state index >= 15 is 0 Å². The SMILES string of the molecule is CNC(=O)N(S)c1cccc(C2CN(C)Cc3c(Cl)cc(Cl)cc32)c1. The van der Waals surface area contributed by atoms with Gasteiger partial charge in [0.15, 0.2) is 0 Å². The van der Waals surface area contributed by atoms with Gasteiger partial charge in [-0.25, -0.2) is 9.10 Å². The molecule has 0 saturated carbocycles. The molecule has 0 fully saturated rings. The molecule has 132 valence electrons. The maximum absolute atomic E-state index is 11.8. The van der Waals surface area contributed by atoms with Crippen molar-refractivity contribution < 1.29 is 4.79 Å². The maximum atomic E-state index is 11.8. The number of hydrogen-bond donors (Lipinski definition) is 2. The smallest absolute Gasteiger partial charge is 0.331 e. The van der Waals surface area contributed by atoms with E-state index in [9.17, 15) is 4.79 Å². The number of likely N-dealkylation sites (N-methyl/N-ethyl adjacent to an activating group) is 1. The summed E-state index contributed by atoms with van der Waals surface area (Å²) in [5, 5.41) is 3.89. The number of halogens is 2. The molecule has 1 N–H and O–H groups in total. The summed E-state index contributed by atoms with van der Waals surface area (Å²) >= 11 is 16.9. The zero-order valence-corrected chi connectivity index (χ0v) is 16.4. The summed E-state index contributed by atoms with van der Waals surface area (Å²) in [7, 11) is 3.64. The number of amides is 2. The fraction of sp³-hybridized carbons (Fsp3) is 0.278. The van der Waals surface area contributed by atoms with Crippen LogP contribution in [-0.4, -0.2) is 31.6 Å². The second-order valence-electron chi connectivity index (χ2n) is 6.17. The molecular weight excluding hydrogens is 377 g/mol. The van der Waals surface area contributed by atoms with E-state index in [1.165, 1.54) is 4.31 Å². The lowest BCUT2D eigenvalue weighted by molar-refractivity contribution is 0.252. The summed E-state index contributed by atoms with van der Waals surface area (Å²) in [5.41, 5.74) is 4.04. The average Bonchev–Trinajstić information content (AvgIpc) is 2.60. The van der Waals surface area contributed by atoms with Gasteiger partial charge in [0.1, 0.15) is 0 Å². The van der Waals surface area contributed by atoms with E-state index in [1.54, 1.807) is 13.1 Å². The minimum Gasteiger partial charge on any atom is -0.340 e. The highest BCUT2D eigenvalue weighted by Gasteiger charge is 2.27. The molecule has 2 aromatic rings. The van der Waals surface area contributed by atoms with E-state index in [0.717, 1.165) is 29.8 Å². The number of fused-ring (bicyclic) bond motifs is 1. The van der Waals surface area contributed by atoms with Crippen LogP contribution in [0.1, 0.15) is 22.6 Å². The Labute approximate surface area is 163 Å². The molecule has 0 radical (unpaired) electrons. The van der Waals surface area contributed by atoms with Crippen LogP contribution in [0.2, 0.25) is 10.0 Å². The van der Waals surface area contributed by atoms with Gasteiger partial charge in [-0.2, -0.15) is 0 Å². The summed E-state index contributed by atoms with van der Waals surface area (Å²) in [4.78, 5) is 14.1. The molecule has 7 heteroatoms. The van der Waals surface area contributed by atoms with Gasteiger partial charge in [-0.05, 0) is 48.0 Å². The van der Waals surface area contributed by atoms with Gasteiger partial charge in [0, 0.05) is 36.1 Å². The zero-order valence-electron chi connectivity index (χ0n) is 14.0. The molecule has 1 atom stereocenters. The van der Waals surface area contributed by atoms with E-state index in [0.29, 0.717) is 15.7 Å². The van der Waals surface area contributed by atoms with Crippen molar-refractivity contribution in [1.82, 2.24) is 10.2 Å². The highest BCUT2D eigenvalue weighted by Crippen LogP contribution is 2.39. The van der Waals surface area contributed by atoms with Gasteiger partial charge in [-0.3, -0.25) is 0 Å². The van der Waals surface area contributed by atoms with Gasteiger partial charge in [0.2, 0.25) is 0 Å². The molecule has 0 saturated heterocycles. The van der Waals surface area contributed by atoms with E-state index < -0.39 is 0 Å². The number of thiol groups is 1. The number of nitrogens with zero attached hydrogens (tertiary/aromatic N) is 2. The predicted molar refractivity (Wildman–Crippen MR) is 107 cm³/mol. The highest BCUT2D eigenvalue weighted by molar-refractivity contribution is 7.82. The number of hydrogen-bond acceptors (Lipinski definition) is 3. The lowest BCUT2D eigenvalue weighted by Gasteiger charge is -2.33. The van der Waals surface area contributed by atoms with Crippen molar-refractivity contribution in [2.75, 3.05) is 24.9 Å². The first-order valence-electron chi connectivity index (χ1n) is 7.87. The quantitative estimate of drug-likeness (QED) is 0.730. The van der Waals surface area contributed by atoms with Crippen LogP contribution >= 0.6 is 36.0 Å². The van der Waals surface area contributed by atoms with Crippen molar-refractivity contribution in [1.29, 1.82) is 0 Å².